The molecule has 0 radical (unpaired) electrons. The van der Waals surface area contributed by atoms with Crippen LogP contribution in [0.3, 0.4) is 0 Å². The Morgan fingerprint density at radius 1 is 1.12 bits per heavy atom. The summed E-state index contributed by atoms with van der Waals surface area (Å²) in [6, 6.07) is 8.58. The molecule has 84 valence electrons. The second-order valence-electron chi connectivity index (χ2n) is 3.53. The molecule has 0 aliphatic rings. The number of phenols is 1. The fraction of sp³-hybridized carbons (Fsp3) is 0. The van der Waals surface area contributed by atoms with Gasteiger partial charge in [-0.25, -0.2) is 9.97 Å². The second kappa shape index (κ2) is 3.85. The smallest absolute Gasteiger partial charge is 0.169 e. The third-order valence-electron chi connectivity index (χ3n) is 2.43. The molecule has 4 nitrogen and oxygen atoms in total. The van der Waals surface area contributed by atoms with Crippen LogP contribution < -0.4 is 0 Å². The number of fused-ring (bicyclic) bond motifs is 1. The lowest BCUT2D eigenvalue weighted by molar-refractivity contribution is 0.476. The van der Waals surface area contributed by atoms with Crippen LogP contribution in [0.15, 0.2) is 45.7 Å². The van der Waals surface area contributed by atoms with Crippen LogP contribution in [0.2, 0.25) is 0 Å². The summed E-state index contributed by atoms with van der Waals surface area (Å²) in [6.45, 7) is 0. The number of benzene rings is 1. The van der Waals surface area contributed by atoms with Gasteiger partial charge in [-0.1, -0.05) is 0 Å². The molecule has 17 heavy (non-hydrogen) atoms. The maximum Gasteiger partial charge on any atom is 0.169 e. The largest absolute Gasteiger partial charge is 0.508 e. The van der Waals surface area contributed by atoms with E-state index in [1.54, 1.807) is 24.3 Å². The molecule has 0 atom stereocenters. The van der Waals surface area contributed by atoms with Crippen LogP contribution in [0.4, 0.5) is 0 Å². The van der Waals surface area contributed by atoms with Crippen LogP contribution in [0.5, 0.6) is 5.75 Å². The van der Waals surface area contributed by atoms with E-state index in [2.05, 4.69) is 25.9 Å². The molecule has 2 heterocycles. The maximum atomic E-state index is 9.51. The van der Waals surface area contributed by atoms with Crippen LogP contribution >= 0.6 is 15.9 Å². The number of hydrogen-bond donors (Lipinski definition) is 1. The highest BCUT2D eigenvalue weighted by atomic mass is 79.9. The minimum absolute atomic E-state index is 0.180. The Balaban J connectivity index is 2.32. The van der Waals surface area contributed by atoms with E-state index in [4.69, 9.17) is 4.42 Å². The first-order chi connectivity index (χ1) is 8.24. The van der Waals surface area contributed by atoms with Gasteiger partial charge in [0.15, 0.2) is 10.4 Å². The van der Waals surface area contributed by atoms with E-state index in [0.29, 0.717) is 16.1 Å². The van der Waals surface area contributed by atoms with Crippen molar-refractivity contribution >= 4 is 26.8 Å². The van der Waals surface area contributed by atoms with E-state index < -0.39 is 0 Å². The topological polar surface area (TPSA) is 59.2 Å². The summed E-state index contributed by atoms with van der Waals surface area (Å²) < 4.78 is 6.10. The summed E-state index contributed by atoms with van der Waals surface area (Å²) in [5.41, 5.74) is 1.43. The molecule has 3 aromatic rings. The summed E-state index contributed by atoms with van der Waals surface area (Å²) in [5.74, 6) is 0.814. The van der Waals surface area contributed by atoms with Crippen LogP contribution in [-0.2, 0) is 0 Å². The molecule has 0 fully saturated rings. The lowest BCUT2D eigenvalue weighted by Crippen LogP contribution is -1.87. The van der Waals surface area contributed by atoms with Gasteiger partial charge in [0.1, 0.15) is 17.8 Å². The van der Waals surface area contributed by atoms with Crippen molar-refractivity contribution in [1.82, 2.24) is 9.97 Å². The first-order valence-electron chi connectivity index (χ1n) is 4.93. The molecule has 0 saturated carbocycles. The fourth-order valence-corrected chi connectivity index (χ4v) is 1.99. The quantitative estimate of drug-likeness (QED) is 0.747. The standard InChI is InChI=1S/C12H7BrN2O2/c13-11-4-3-10(17-11)12-8-5-7(16)1-2-9(8)14-6-15-12/h1-6,16H. The molecule has 0 aliphatic carbocycles. The van der Waals surface area contributed by atoms with E-state index in [1.807, 2.05) is 6.07 Å². The first-order valence-corrected chi connectivity index (χ1v) is 5.73. The molecule has 1 N–H and O–H groups in total. The Morgan fingerprint density at radius 3 is 2.76 bits per heavy atom. The van der Waals surface area contributed by atoms with E-state index in [9.17, 15) is 5.11 Å². The van der Waals surface area contributed by atoms with Crippen LogP contribution in [0.1, 0.15) is 0 Å². The number of furan rings is 1. The minimum atomic E-state index is 0.180. The van der Waals surface area contributed by atoms with Gasteiger partial charge in [0.2, 0.25) is 0 Å². The van der Waals surface area contributed by atoms with Crippen molar-refractivity contribution in [2.45, 2.75) is 0 Å². The fourth-order valence-electron chi connectivity index (χ4n) is 1.68. The van der Waals surface area contributed by atoms with Crippen molar-refractivity contribution < 1.29 is 9.52 Å². The summed E-state index contributed by atoms with van der Waals surface area (Å²) in [5, 5.41) is 10.3. The van der Waals surface area contributed by atoms with Gasteiger partial charge >= 0.3 is 0 Å². The number of rotatable bonds is 1. The Hall–Kier alpha value is -1.88. The SMILES string of the molecule is Oc1ccc2ncnc(-c3ccc(Br)o3)c2c1. The normalized spacial score (nSPS) is 10.9. The van der Waals surface area contributed by atoms with Crippen LogP contribution in [-0.4, -0.2) is 15.1 Å². The molecule has 0 aliphatic heterocycles. The molecule has 0 unspecified atom stereocenters. The van der Waals surface area contributed by atoms with E-state index in [1.165, 1.54) is 6.33 Å². The summed E-state index contributed by atoms with van der Waals surface area (Å²) in [7, 11) is 0. The highest BCUT2D eigenvalue weighted by Gasteiger charge is 2.10. The van der Waals surface area contributed by atoms with E-state index >= 15 is 0 Å². The highest BCUT2D eigenvalue weighted by Crippen LogP contribution is 2.30. The third kappa shape index (κ3) is 1.78. The second-order valence-corrected chi connectivity index (χ2v) is 4.31. The van der Waals surface area contributed by atoms with Crippen molar-refractivity contribution in [2.75, 3.05) is 0 Å². The molecule has 0 amide bonds. The molecular weight excluding hydrogens is 284 g/mol. The van der Waals surface area contributed by atoms with Gasteiger partial charge in [0.25, 0.3) is 0 Å². The molecule has 0 spiro atoms. The zero-order valence-corrected chi connectivity index (χ0v) is 10.2. The zero-order chi connectivity index (χ0) is 11.8. The van der Waals surface area contributed by atoms with Crippen LogP contribution in [0.25, 0.3) is 22.4 Å². The Morgan fingerprint density at radius 2 is 2.00 bits per heavy atom. The summed E-state index contributed by atoms with van der Waals surface area (Å²) in [4.78, 5) is 8.33. The Labute approximate surface area is 105 Å². The number of hydrogen-bond acceptors (Lipinski definition) is 4. The zero-order valence-electron chi connectivity index (χ0n) is 8.59. The van der Waals surface area contributed by atoms with Gasteiger partial charge in [-0.05, 0) is 46.3 Å². The maximum absolute atomic E-state index is 9.51. The van der Waals surface area contributed by atoms with Gasteiger partial charge in [-0.2, -0.15) is 0 Å². The summed E-state index contributed by atoms with van der Waals surface area (Å²) in [6.07, 6.45) is 1.48. The van der Waals surface area contributed by atoms with Crippen molar-refractivity contribution in [3.63, 3.8) is 0 Å². The number of halogens is 1. The predicted molar refractivity (Wildman–Crippen MR) is 66.6 cm³/mol. The monoisotopic (exact) mass is 290 g/mol. The van der Waals surface area contributed by atoms with Crippen LogP contribution in [0, 0.1) is 0 Å². The number of phenolic OH excluding ortho intramolecular Hbond substituents is 1. The van der Waals surface area contributed by atoms with Crippen molar-refractivity contribution in [3.05, 3.63) is 41.3 Å². The predicted octanol–water partition coefficient (Wildman–Crippen LogP) is 3.36. The lowest BCUT2D eigenvalue weighted by atomic mass is 10.1. The molecule has 5 heteroatoms. The van der Waals surface area contributed by atoms with E-state index in [0.717, 1.165) is 10.9 Å². The molecule has 3 rings (SSSR count). The van der Waals surface area contributed by atoms with Gasteiger partial charge in [-0.15, -0.1) is 0 Å². The van der Waals surface area contributed by atoms with E-state index in [-0.39, 0.29) is 5.75 Å². The number of aromatic nitrogens is 2. The van der Waals surface area contributed by atoms with Gasteiger partial charge in [-0.3, -0.25) is 0 Å². The molecular formula is C12H7BrN2O2. The molecule has 0 bridgehead atoms. The summed E-state index contributed by atoms with van der Waals surface area (Å²) >= 11 is 3.25. The van der Waals surface area contributed by atoms with Crippen molar-refractivity contribution in [3.8, 4) is 17.2 Å². The Bertz CT molecular complexity index is 694. The third-order valence-corrected chi connectivity index (χ3v) is 2.85. The molecule has 0 saturated heterocycles. The molecule has 2 aromatic heterocycles. The average Bonchev–Trinajstić information content (AvgIpc) is 2.75. The van der Waals surface area contributed by atoms with Crippen molar-refractivity contribution in [1.29, 1.82) is 0 Å². The van der Waals surface area contributed by atoms with Gasteiger partial charge < -0.3 is 9.52 Å². The molecule has 1 aromatic carbocycles. The average molecular weight is 291 g/mol. The van der Waals surface area contributed by atoms with Gasteiger partial charge in [0.05, 0.1) is 5.52 Å². The minimum Gasteiger partial charge on any atom is -0.508 e. The number of nitrogens with zero attached hydrogens (tertiary/aromatic N) is 2. The highest BCUT2D eigenvalue weighted by molar-refractivity contribution is 9.10. The van der Waals surface area contributed by atoms with Gasteiger partial charge in [0, 0.05) is 5.39 Å². The van der Waals surface area contributed by atoms with Crippen molar-refractivity contribution in [2.24, 2.45) is 0 Å². The first kappa shape index (κ1) is 10.3. The number of aromatic hydroxyl groups is 1. The lowest BCUT2D eigenvalue weighted by Gasteiger charge is -2.02. The Kier molecular flexibility index (Phi) is 2.33.